The van der Waals surface area contributed by atoms with E-state index in [0.29, 0.717) is 0 Å². The minimum absolute atomic E-state index is 0. The van der Waals surface area contributed by atoms with Crippen molar-refractivity contribution >= 4 is 18.3 Å². The number of hydrogen-bond donors (Lipinski definition) is 4. The minimum atomic E-state index is -1.17. The number of carboxylic acids is 2. The monoisotopic (exact) mass is 255 g/mol. The molecule has 1 amide bonds. The van der Waals surface area contributed by atoms with Crippen LogP contribution in [0.15, 0.2) is 0 Å². The van der Waals surface area contributed by atoms with Gasteiger partial charge in [-0.2, -0.15) is 6.41 Å². The van der Waals surface area contributed by atoms with Crippen LogP contribution in [0.4, 0.5) is 0 Å². The van der Waals surface area contributed by atoms with E-state index in [9.17, 15) is 9.59 Å². The van der Waals surface area contributed by atoms with Crippen LogP contribution in [0.2, 0.25) is 0 Å². The van der Waals surface area contributed by atoms with Gasteiger partial charge < -0.3 is 26.5 Å². The molecular formula is C6H11N2O5Zn-. The molecule has 0 spiro atoms. The Bertz CT molecular complexity index is 187. The molecule has 14 heavy (non-hydrogen) atoms. The molecule has 78 valence electrons. The third kappa shape index (κ3) is 17.2. The number of hydrogen-bond acceptors (Lipinski definition) is 4. The Morgan fingerprint density at radius 1 is 1.36 bits per heavy atom. The molecule has 0 aliphatic carbocycles. The Morgan fingerprint density at radius 2 is 1.71 bits per heavy atom. The summed E-state index contributed by atoms with van der Waals surface area (Å²) < 4.78 is 0. The van der Waals surface area contributed by atoms with Crippen molar-refractivity contribution in [2.24, 2.45) is 11.5 Å². The predicted octanol–water partition coefficient (Wildman–Crippen LogP) is -1.73. The van der Waals surface area contributed by atoms with Gasteiger partial charge >= 0.3 is 11.9 Å². The van der Waals surface area contributed by atoms with E-state index in [-0.39, 0.29) is 32.3 Å². The first kappa shape index (κ1) is 18.7. The Balaban J connectivity index is -0.000000267. The van der Waals surface area contributed by atoms with E-state index < -0.39 is 18.0 Å². The van der Waals surface area contributed by atoms with Crippen LogP contribution < -0.4 is 11.5 Å². The molecule has 0 aliphatic heterocycles. The Kier molecular flexibility index (Phi) is 16.0. The van der Waals surface area contributed by atoms with Crippen molar-refractivity contribution in [3.63, 3.8) is 0 Å². The van der Waals surface area contributed by atoms with Crippen LogP contribution in [0.3, 0.4) is 0 Å². The quantitative estimate of drug-likeness (QED) is 0.267. The fourth-order valence-electron chi connectivity index (χ4n) is 0.402. The summed E-state index contributed by atoms with van der Waals surface area (Å²) >= 11 is 0. The molecule has 0 bridgehead atoms. The van der Waals surface area contributed by atoms with Gasteiger partial charge in [-0.1, -0.05) is 0 Å². The number of rotatable bonds is 4. The van der Waals surface area contributed by atoms with Crippen LogP contribution in [0.5, 0.6) is 0 Å². The summed E-state index contributed by atoms with van der Waals surface area (Å²) in [5.41, 5.74) is 9.04. The molecule has 8 heteroatoms. The summed E-state index contributed by atoms with van der Waals surface area (Å²) in [7, 11) is 0. The minimum Gasteiger partial charge on any atom is -0.543 e. The molecule has 1 atom stereocenters. The topological polar surface area (TPSA) is 144 Å². The maximum Gasteiger partial charge on any atom is 0.320 e. The van der Waals surface area contributed by atoms with E-state index in [4.69, 9.17) is 20.7 Å². The molecule has 6 N–H and O–H groups in total. The summed E-state index contributed by atoms with van der Waals surface area (Å²) in [5, 5.41) is 16.3. The zero-order valence-corrected chi connectivity index (χ0v) is 10.4. The van der Waals surface area contributed by atoms with Gasteiger partial charge in [0.1, 0.15) is 6.04 Å². The number of carbonyl (C=O) groups is 2. The van der Waals surface area contributed by atoms with E-state index in [2.05, 4.69) is 5.73 Å². The van der Waals surface area contributed by atoms with Gasteiger partial charge in [0.05, 0.1) is 0 Å². The second-order valence-electron chi connectivity index (χ2n) is 1.99. The van der Waals surface area contributed by atoms with Gasteiger partial charge in [0, 0.05) is 25.9 Å². The number of aliphatic carboxylic acids is 2. The molecule has 0 fully saturated rings. The Hall–Kier alpha value is -1.01. The molecule has 0 heterocycles. The zero-order valence-electron chi connectivity index (χ0n) is 7.47. The molecule has 0 saturated heterocycles. The Morgan fingerprint density at radius 3 is 1.93 bits per heavy atom. The molecule has 0 aromatic heterocycles. The van der Waals surface area contributed by atoms with E-state index in [0.717, 1.165) is 6.41 Å². The first-order chi connectivity index (χ1) is 5.95. The summed E-state index contributed by atoms with van der Waals surface area (Å²) in [6, 6.07) is -1.06. The van der Waals surface area contributed by atoms with Crippen LogP contribution in [0.1, 0.15) is 12.8 Å². The van der Waals surface area contributed by atoms with Gasteiger partial charge in [-0.3, -0.25) is 9.59 Å². The second kappa shape index (κ2) is 12.0. The fraction of sp³-hybridized carbons (Fsp3) is 0.500. The molecule has 0 aromatic carbocycles. The van der Waals surface area contributed by atoms with E-state index in [1.54, 1.807) is 0 Å². The van der Waals surface area contributed by atoms with Crippen molar-refractivity contribution in [3.05, 3.63) is 0 Å². The Labute approximate surface area is 93.2 Å². The third-order valence-electron chi connectivity index (χ3n) is 0.986. The largest absolute Gasteiger partial charge is 0.543 e. The molecule has 0 aliphatic rings. The molecular weight excluding hydrogens is 245 g/mol. The van der Waals surface area contributed by atoms with Crippen molar-refractivity contribution in [2.75, 3.05) is 0 Å². The SMILES string of the molecule is N[C-]=O.N[C@@H](CCC(=O)O)C(=O)O.[Zn]. The number of carbonyl (C=O) groups excluding carboxylic acids is 1. The van der Waals surface area contributed by atoms with E-state index in [1.165, 1.54) is 0 Å². The van der Waals surface area contributed by atoms with Gasteiger partial charge in [-0.05, 0) is 6.42 Å². The molecule has 7 nitrogen and oxygen atoms in total. The summed E-state index contributed by atoms with van der Waals surface area (Å²) in [5.74, 6) is -2.20. The third-order valence-corrected chi connectivity index (χ3v) is 0.986. The van der Waals surface area contributed by atoms with Crippen molar-refractivity contribution in [1.82, 2.24) is 0 Å². The standard InChI is InChI=1S/C5H9NO4.CH2NO.Zn/c6-3(5(9)10)1-2-4(7)8;2-1-3;/h3H,1-2,6H2,(H,7,8)(H,9,10);(H2,2,3);/q;-1;/t3-;;/m0../s1. The van der Waals surface area contributed by atoms with Gasteiger partial charge in [0.25, 0.3) is 0 Å². The van der Waals surface area contributed by atoms with Crippen LogP contribution in [-0.4, -0.2) is 34.6 Å². The summed E-state index contributed by atoms with van der Waals surface area (Å²) in [4.78, 5) is 28.3. The van der Waals surface area contributed by atoms with Crippen LogP contribution in [0.25, 0.3) is 0 Å². The van der Waals surface area contributed by atoms with Gasteiger partial charge in [-0.25, -0.2) is 0 Å². The normalized spacial score (nSPS) is 9.79. The molecule has 0 aromatic rings. The van der Waals surface area contributed by atoms with Crippen molar-refractivity contribution in [3.8, 4) is 0 Å². The smallest absolute Gasteiger partial charge is 0.320 e. The number of primary amides is 1. The summed E-state index contributed by atoms with van der Waals surface area (Å²) in [6.45, 7) is 0. The maximum absolute atomic E-state index is 9.99. The van der Waals surface area contributed by atoms with Crippen LogP contribution >= 0.6 is 0 Å². The maximum atomic E-state index is 9.99. The molecule has 0 radical (unpaired) electrons. The average molecular weight is 257 g/mol. The van der Waals surface area contributed by atoms with Gasteiger partial charge in [0.2, 0.25) is 0 Å². The second-order valence-corrected chi connectivity index (χ2v) is 1.99. The summed E-state index contributed by atoms with van der Waals surface area (Å²) in [6.07, 6.45) is 0.776. The molecule has 0 saturated carbocycles. The number of amides is 1. The van der Waals surface area contributed by atoms with Gasteiger partial charge in [0.15, 0.2) is 0 Å². The molecule has 0 rings (SSSR count). The van der Waals surface area contributed by atoms with Crippen LogP contribution in [0, 0.1) is 0 Å². The first-order valence-corrected chi connectivity index (χ1v) is 3.23. The number of carboxylic acid groups (broad SMARTS) is 2. The van der Waals surface area contributed by atoms with Crippen molar-refractivity contribution in [2.45, 2.75) is 18.9 Å². The first-order valence-electron chi connectivity index (χ1n) is 3.23. The molecule has 0 unspecified atom stereocenters. The van der Waals surface area contributed by atoms with E-state index >= 15 is 0 Å². The van der Waals surface area contributed by atoms with E-state index in [1.807, 2.05) is 0 Å². The fourth-order valence-corrected chi connectivity index (χ4v) is 0.402. The van der Waals surface area contributed by atoms with Crippen LogP contribution in [-0.2, 0) is 33.9 Å². The number of nitrogens with two attached hydrogens (primary N) is 2. The predicted molar refractivity (Wildman–Crippen MR) is 42.4 cm³/mol. The van der Waals surface area contributed by atoms with Crippen molar-refractivity contribution in [1.29, 1.82) is 0 Å². The van der Waals surface area contributed by atoms with Crippen molar-refractivity contribution < 1.29 is 44.1 Å². The average Bonchev–Trinajstić information content (AvgIpc) is 2.01. The van der Waals surface area contributed by atoms with Gasteiger partial charge in [-0.15, -0.1) is 0 Å². The zero-order chi connectivity index (χ0) is 10.9.